The minimum atomic E-state index is -4.21. The third-order valence-electron chi connectivity index (χ3n) is 2.31. The van der Waals surface area contributed by atoms with Crippen LogP contribution in [0.25, 0.3) is 0 Å². The van der Waals surface area contributed by atoms with E-state index in [0.29, 0.717) is 18.1 Å². The quantitative estimate of drug-likeness (QED) is 0.891. The summed E-state index contributed by atoms with van der Waals surface area (Å²) in [6, 6.07) is 0. The first-order valence-electron chi connectivity index (χ1n) is 5.41. The van der Waals surface area contributed by atoms with Crippen molar-refractivity contribution in [3.63, 3.8) is 0 Å². The normalized spacial score (nSPS) is 11.9. The zero-order valence-corrected chi connectivity index (χ0v) is 10.7. The Bertz CT molecular complexity index is 341. The number of aryl methyl sites for hydroxylation is 1. The third-order valence-corrected chi connectivity index (χ3v) is 3.49. The highest BCUT2D eigenvalue weighted by Gasteiger charge is 2.31. The van der Waals surface area contributed by atoms with Crippen LogP contribution in [0.2, 0.25) is 0 Å². The van der Waals surface area contributed by atoms with Gasteiger partial charge in [0.15, 0.2) is 5.13 Å². The largest absolute Gasteiger partial charge is 0.406 e. The highest BCUT2D eigenvalue weighted by molar-refractivity contribution is 7.15. The molecule has 0 spiro atoms. The number of aromatic nitrogens is 1. The van der Waals surface area contributed by atoms with Crippen molar-refractivity contribution in [1.29, 1.82) is 0 Å². The number of nitrogens with zero attached hydrogens (tertiary/aromatic N) is 2. The molecule has 0 bridgehead atoms. The van der Waals surface area contributed by atoms with Gasteiger partial charge in [-0.25, -0.2) is 4.98 Å². The number of alkyl halides is 3. The number of halogens is 3. The van der Waals surface area contributed by atoms with E-state index in [2.05, 4.69) is 4.98 Å². The lowest BCUT2D eigenvalue weighted by molar-refractivity contribution is -0.119. The smallest absolute Gasteiger partial charge is 0.339 e. The van der Waals surface area contributed by atoms with Crippen LogP contribution in [0.5, 0.6) is 0 Å². The minimum absolute atomic E-state index is 0.278. The predicted octanol–water partition coefficient (Wildman–Crippen LogP) is 2.55. The van der Waals surface area contributed by atoms with Crippen LogP contribution in [0.4, 0.5) is 18.3 Å². The zero-order valence-electron chi connectivity index (χ0n) is 9.84. The van der Waals surface area contributed by atoms with Crippen molar-refractivity contribution >= 4 is 16.5 Å². The van der Waals surface area contributed by atoms with E-state index in [1.807, 2.05) is 6.92 Å². The summed E-state index contributed by atoms with van der Waals surface area (Å²) in [7, 11) is 0. The molecule has 17 heavy (non-hydrogen) atoms. The number of hydrogen-bond acceptors (Lipinski definition) is 4. The first-order chi connectivity index (χ1) is 7.91. The maximum Gasteiger partial charge on any atom is 0.406 e. The van der Waals surface area contributed by atoms with Gasteiger partial charge in [0.1, 0.15) is 6.54 Å². The Morgan fingerprint density at radius 1 is 1.35 bits per heavy atom. The first kappa shape index (κ1) is 14.2. The Kier molecular flexibility index (Phi) is 4.76. The first-order valence-corrected chi connectivity index (χ1v) is 6.23. The molecule has 98 valence electrons. The van der Waals surface area contributed by atoms with Crippen LogP contribution in [-0.4, -0.2) is 24.2 Å². The van der Waals surface area contributed by atoms with E-state index >= 15 is 0 Å². The molecule has 0 radical (unpaired) electrons. The number of nitrogens with two attached hydrogens (primary N) is 1. The van der Waals surface area contributed by atoms with E-state index < -0.39 is 12.7 Å². The summed E-state index contributed by atoms with van der Waals surface area (Å²) < 4.78 is 37.1. The molecule has 0 saturated carbocycles. The molecule has 3 nitrogen and oxygen atoms in total. The fraction of sp³-hybridized carbons (Fsp3) is 0.700. The fourth-order valence-corrected chi connectivity index (χ4v) is 2.56. The SMILES string of the molecule is CCc1nc(N(CC)CC(F)(F)F)sc1CN. The highest BCUT2D eigenvalue weighted by atomic mass is 32.1. The standard InChI is InChI=1S/C10H16F3N3S/c1-3-7-8(5-14)17-9(15-7)16(4-2)6-10(11,12)13/h3-6,14H2,1-2H3. The van der Waals surface area contributed by atoms with Crippen molar-refractivity contribution < 1.29 is 13.2 Å². The van der Waals surface area contributed by atoms with Gasteiger partial charge < -0.3 is 10.6 Å². The maximum atomic E-state index is 12.4. The van der Waals surface area contributed by atoms with Crippen LogP contribution in [0.1, 0.15) is 24.4 Å². The van der Waals surface area contributed by atoms with Crippen LogP contribution in [-0.2, 0) is 13.0 Å². The minimum Gasteiger partial charge on any atom is -0.339 e. The molecule has 0 aliphatic rings. The average molecular weight is 267 g/mol. The summed E-state index contributed by atoms with van der Waals surface area (Å²) >= 11 is 1.25. The van der Waals surface area contributed by atoms with Gasteiger partial charge in [-0.2, -0.15) is 13.2 Å². The molecule has 1 aromatic heterocycles. The van der Waals surface area contributed by atoms with E-state index in [-0.39, 0.29) is 6.54 Å². The van der Waals surface area contributed by atoms with E-state index in [4.69, 9.17) is 5.73 Å². The van der Waals surface area contributed by atoms with Gasteiger partial charge in [0.05, 0.1) is 5.69 Å². The molecule has 7 heteroatoms. The number of anilines is 1. The molecule has 0 aliphatic carbocycles. The highest BCUT2D eigenvalue weighted by Crippen LogP contribution is 2.28. The number of hydrogen-bond donors (Lipinski definition) is 1. The lowest BCUT2D eigenvalue weighted by Gasteiger charge is -2.21. The Balaban J connectivity index is 2.92. The fourth-order valence-electron chi connectivity index (χ4n) is 1.47. The molecule has 0 aliphatic heterocycles. The molecule has 0 atom stereocenters. The second kappa shape index (κ2) is 5.68. The van der Waals surface area contributed by atoms with Crippen molar-refractivity contribution in [2.45, 2.75) is 33.0 Å². The molecule has 0 aromatic carbocycles. The lowest BCUT2D eigenvalue weighted by atomic mass is 10.3. The van der Waals surface area contributed by atoms with Gasteiger partial charge in [0, 0.05) is 18.0 Å². The van der Waals surface area contributed by atoms with Gasteiger partial charge in [-0.05, 0) is 13.3 Å². The average Bonchev–Trinajstić information content (AvgIpc) is 2.67. The molecule has 0 saturated heterocycles. The van der Waals surface area contributed by atoms with Gasteiger partial charge >= 0.3 is 6.18 Å². The van der Waals surface area contributed by atoms with E-state index in [1.54, 1.807) is 6.92 Å². The van der Waals surface area contributed by atoms with Crippen molar-refractivity contribution in [2.24, 2.45) is 5.73 Å². The summed E-state index contributed by atoms with van der Waals surface area (Å²) in [6.45, 7) is 3.23. The van der Waals surface area contributed by atoms with E-state index in [9.17, 15) is 13.2 Å². The summed E-state index contributed by atoms with van der Waals surface area (Å²) in [5.74, 6) is 0. The molecular weight excluding hydrogens is 251 g/mol. The van der Waals surface area contributed by atoms with Crippen LogP contribution in [0.15, 0.2) is 0 Å². The van der Waals surface area contributed by atoms with E-state index in [1.165, 1.54) is 16.2 Å². The summed E-state index contributed by atoms with van der Waals surface area (Å²) in [5, 5.41) is 0.405. The predicted molar refractivity (Wildman–Crippen MR) is 63.3 cm³/mol. The Labute approximate surface area is 102 Å². The molecular formula is C10H16F3N3S. The van der Waals surface area contributed by atoms with Crippen LogP contribution in [0.3, 0.4) is 0 Å². The molecule has 2 N–H and O–H groups in total. The molecule has 1 rings (SSSR count). The third kappa shape index (κ3) is 3.85. The van der Waals surface area contributed by atoms with Crippen molar-refractivity contribution in [3.05, 3.63) is 10.6 Å². The Hall–Kier alpha value is -0.820. The van der Waals surface area contributed by atoms with Crippen molar-refractivity contribution in [2.75, 3.05) is 18.0 Å². The van der Waals surface area contributed by atoms with Gasteiger partial charge in [0.25, 0.3) is 0 Å². The summed E-state index contributed by atoms with van der Waals surface area (Å²) in [6.07, 6.45) is -3.52. The molecule has 1 heterocycles. The van der Waals surface area contributed by atoms with Gasteiger partial charge in [0.2, 0.25) is 0 Å². The van der Waals surface area contributed by atoms with Crippen molar-refractivity contribution in [3.8, 4) is 0 Å². The second-order valence-corrected chi connectivity index (χ2v) is 4.62. The Morgan fingerprint density at radius 2 is 2.00 bits per heavy atom. The van der Waals surface area contributed by atoms with Crippen LogP contribution < -0.4 is 10.6 Å². The number of rotatable bonds is 5. The van der Waals surface area contributed by atoms with Gasteiger partial charge in [-0.1, -0.05) is 6.92 Å². The molecule has 0 unspecified atom stereocenters. The topological polar surface area (TPSA) is 42.2 Å². The summed E-state index contributed by atoms with van der Waals surface area (Å²) in [5.41, 5.74) is 6.34. The summed E-state index contributed by atoms with van der Waals surface area (Å²) in [4.78, 5) is 6.31. The molecule has 0 amide bonds. The zero-order chi connectivity index (χ0) is 13.1. The van der Waals surface area contributed by atoms with Gasteiger partial charge in [-0.3, -0.25) is 0 Å². The van der Waals surface area contributed by atoms with Gasteiger partial charge in [-0.15, -0.1) is 11.3 Å². The second-order valence-electron chi connectivity index (χ2n) is 3.55. The van der Waals surface area contributed by atoms with Crippen LogP contribution >= 0.6 is 11.3 Å². The lowest BCUT2D eigenvalue weighted by Crippen LogP contribution is -2.34. The molecule has 1 aromatic rings. The van der Waals surface area contributed by atoms with Crippen molar-refractivity contribution in [1.82, 2.24) is 4.98 Å². The van der Waals surface area contributed by atoms with E-state index in [0.717, 1.165) is 10.6 Å². The number of thiazole rings is 1. The van der Waals surface area contributed by atoms with Crippen LogP contribution in [0, 0.1) is 0 Å². The Morgan fingerprint density at radius 3 is 2.35 bits per heavy atom. The monoisotopic (exact) mass is 267 g/mol. The maximum absolute atomic E-state index is 12.4. The molecule has 0 fully saturated rings.